The largest absolute Gasteiger partial charge is 0.479 e. The summed E-state index contributed by atoms with van der Waals surface area (Å²) in [6.45, 7) is 2.47. The summed E-state index contributed by atoms with van der Waals surface area (Å²) in [6, 6.07) is 26.3. The second kappa shape index (κ2) is 30.2. The van der Waals surface area contributed by atoms with E-state index in [4.69, 9.17) is 23.7 Å². The normalized spacial score (nSPS) is 18.3. The van der Waals surface area contributed by atoms with Crippen LogP contribution in [0.3, 0.4) is 0 Å². The van der Waals surface area contributed by atoms with E-state index in [1.807, 2.05) is 89.9 Å². The SMILES string of the molecule is O=C(CCOCCOCCOCCN1C(=O)C2=C(C2)C1=O)NCCC(=O)Nc1cc(C[n+]2cccc(-c3cn(CCCCCCCC(=O)Nc4ccccc4-c4ccccc4)nn3)c2)ccc1O[C@@H]1O[C@H](C(=O)O)[C@@H](O)[C@H](O)[C@H]1O.[CH3-]. The number of hydrogen-bond acceptors (Lipinski definition) is 16. The molecule has 5 atom stereocenters. The van der Waals surface area contributed by atoms with Crippen LogP contribution in [0, 0.1) is 7.43 Å². The van der Waals surface area contributed by atoms with Crippen molar-refractivity contribution >= 4 is 46.9 Å². The smallest absolute Gasteiger partial charge is 0.335 e. The molecule has 7 N–H and O–H groups in total. The van der Waals surface area contributed by atoms with Crippen molar-refractivity contribution < 1.29 is 77.4 Å². The number of carboxylic acid groups (broad SMARTS) is 1. The first-order valence-electron chi connectivity index (χ1n) is 26.8. The zero-order valence-corrected chi connectivity index (χ0v) is 45.2. The van der Waals surface area contributed by atoms with Crippen molar-refractivity contribution in [2.24, 2.45) is 0 Å². The number of pyridine rings is 1. The van der Waals surface area contributed by atoms with E-state index in [0.717, 1.165) is 54.5 Å². The highest BCUT2D eigenvalue weighted by molar-refractivity contribution is 6.25. The molecule has 3 aromatic carbocycles. The Bertz CT molecular complexity index is 2970. The van der Waals surface area contributed by atoms with Crippen molar-refractivity contribution in [2.75, 3.05) is 63.4 Å². The molecule has 81 heavy (non-hydrogen) atoms. The zero-order chi connectivity index (χ0) is 56.4. The van der Waals surface area contributed by atoms with E-state index in [9.17, 15) is 49.2 Å². The molecule has 2 aliphatic heterocycles. The predicted molar refractivity (Wildman–Crippen MR) is 292 cm³/mol. The monoisotopic (exact) mass is 1120 g/mol. The number of nitrogens with one attached hydrogen (secondary N) is 3. The van der Waals surface area contributed by atoms with Crippen molar-refractivity contribution in [2.45, 2.75) is 102 Å². The van der Waals surface area contributed by atoms with E-state index >= 15 is 0 Å². The van der Waals surface area contributed by atoms with Gasteiger partial charge >= 0.3 is 5.97 Å². The number of nitrogens with zero attached hydrogens (tertiary/aromatic N) is 5. The number of likely N-dealkylation sites (tertiary alicyclic amines) is 1. The highest BCUT2D eigenvalue weighted by atomic mass is 16.7. The van der Waals surface area contributed by atoms with E-state index < -0.39 is 42.6 Å². The Morgan fingerprint density at radius 2 is 1.35 bits per heavy atom. The maximum Gasteiger partial charge on any atom is 0.335 e. The first-order chi connectivity index (χ1) is 38.8. The summed E-state index contributed by atoms with van der Waals surface area (Å²) < 4.78 is 31.3. The number of carbonyl (C=O) groups excluding carboxylic acids is 5. The lowest BCUT2D eigenvalue weighted by Crippen LogP contribution is -2.61. The number of hydrogen-bond donors (Lipinski definition) is 7. The van der Waals surface area contributed by atoms with Crippen molar-refractivity contribution in [3.8, 4) is 28.1 Å². The van der Waals surface area contributed by atoms with Crippen LogP contribution in [0.5, 0.6) is 5.75 Å². The summed E-state index contributed by atoms with van der Waals surface area (Å²) in [5.41, 5.74) is 6.30. The average Bonchev–Trinajstić information content (AvgIpc) is 4.13. The Morgan fingerprint density at radius 1 is 0.679 bits per heavy atom. The minimum Gasteiger partial charge on any atom is -0.479 e. The molecule has 1 aliphatic carbocycles. The first-order valence-corrected chi connectivity index (χ1v) is 26.8. The van der Waals surface area contributed by atoms with Crippen LogP contribution in [0.15, 0.2) is 115 Å². The Balaban J connectivity index is 0.00000946. The third kappa shape index (κ3) is 17.4. The molecule has 3 aliphatic rings. The number of piperidine rings is 1. The van der Waals surface area contributed by atoms with Crippen LogP contribution in [0.1, 0.15) is 63.4 Å². The number of aryl methyl sites for hydroxylation is 1. The van der Waals surface area contributed by atoms with Crippen LogP contribution in [-0.2, 0) is 60.8 Å². The van der Waals surface area contributed by atoms with Crippen molar-refractivity contribution in [3.63, 3.8) is 0 Å². The fourth-order valence-electron chi connectivity index (χ4n) is 9.08. The predicted octanol–water partition coefficient (Wildman–Crippen LogP) is 3.60. The van der Waals surface area contributed by atoms with Crippen molar-refractivity contribution in [3.05, 3.63) is 128 Å². The summed E-state index contributed by atoms with van der Waals surface area (Å²) in [6.07, 6.45) is 1.60. The maximum absolute atomic E-state index is 13.3. The number of amides is 5. The summed E-state index contributed by atoms with van der Waals surface area (Å²) in [5, 5.41) is 58.2. The number of carboxylic acids is 1. The second-order valence-corrected chi connectivity index (χ2v) is 19.4. The molecule has 5 aromatic rings. The fraction of sp³-hybridized carbons (Fsp3) is 0.414. The molecule has 4 heterocycles. The molecule has 23 nitrogen and oxygen atoms in total. The summed E-state index contributed by atoms with van der Waals surface area (Å²) >= 11 is 0. The Hall–Kier alpha value is -7.77. The number of imide groups is 1. The number of anilines is 2. The molecule has 0 bridgehead atoms. The molecular formula is C58H70N8O15. The van der Waals surface area contributed by atoms with Gasteiger partial charge in [-0.15, -0.1) is 5.10 Å². The third-order valence-electron chi connectivity index (χ3n) is 13.5. The molecule has 5 amide bonds. The number of aromatic nitrogens is 4. The lowest BCUT2D eigenvalue weighted by atomic mass is 9.99. The topological polar surface area (TPSA) is 303 Å². The molecular weight excluding hydrogens is 1050 g/mol. The van der Waals surface area contributed by atoms with Gasteiger partial charge in [-0.1, -0.05) is 73.0 Å². The van der Waals surface area contributed by atoms with Crippen LogP contribution in [0.25, 0.3) is 22.4 Å². The zero-order valence-electron chi connectivity index (χ0n) is 45.2. The van der Waals surface area contributed by atoms with Gasteiger partial charge in [0.1, 0.15) is 29.8 Å². The molecule has 0 spiro atoms. The van der Waals surface area contributed by atoms with Crippen LogP contribution in [0.4, 0.5) is 11.4 Å². The highest BCUT2D eigenvalue weighted by Crippen LogP contribution is 2.40. The second-order valence-electron chi connectivity index (χ2n) is 19.4. The molecule has 1 fully saturated rings. The number of aliphatic carboxylic acids is 1. The minimum atomic E-state index is -1.94. The van der Waals surface area contributed by atoms with Gasteiger partial charge in [0.2, 0.25) is 24.0 Å². The number of para-hydroxylation sites is 1. The van der Waals surface area contributed by atoms with E-state index in [1.54, 1.807) is 16.8 Å². The molecule has 23 heteroatoms. The molecule has 432 valence electrons. The number of aliphatic hydroxyl groups is 3. The summed E-state index contributed by atoms with van der Waals surface area (Å²) in [4.78, 5) is 75.6. The standard InChI is InChI=1S/C57H66N8O15.CH3/c66-47(21-26-76-28-30-78-31-29-77-27-25-65-54(72)41-33-42(41)55(65)73)58-22-20-49(68)60-44-32-37(18-19-46(44)79-57-52(71)50(69)51(70)53(80-57)56(74)75)34-63-23-11-14-39(35-63)45-36-64(62-61-45)24-10-3-1-2-7-17-48(67)59-43-16-9-8-15-40(43)38-12-5-4-6-13-38;/h4-6,8-9,11-16,18-19,23,32,35-36,50-53,57,69-71H,1-3,7,10,17,20-22,24-31,33-34H2,(H3-,58,59,60,66,67,68,74,75);1H3/q;-1/p+1/t50-,51-,52+,53-,57+;/m0./s1. The van der Waals surface area contributed by atoms with Gasteiger partial charge in [-0.05, 0) is 48.7 Å². The number of benzene rings is 3. The lowest BCUT2D eigenvalue weighted by Gasteiger charge is -2.38. The van der Waals surface area contributed by atoms with Gasteiger partial charge < -0.3 is 67.5 Å². The average molecular weight is 1120 g/mol. The molecule has 0 radical (unpaired) electrons. The first kappa shape index (κ1) is 60.9. The Labute approximate surface area is 468 Å². The number of ether oxygens (including phenoxy) is 5. The van der Waals surface area contributed by atoms with Crippen LogP contribution in [-0.4, -0.2) is 159 Å². The number of aliphatic hydroxyl groups excluding tert-OH is 3. The Kier molecular flexibility index (Phi) is 22.7. The van der Waals surface area contributed by atoms with Crippen LogP contribution < -0.4 is 25.3 Å². The van der Waals surface area contributed by atoms with Gasteiger partial charge in [0.05, 0.1) is 63.6 Å². The van der Waals surface area contributed by atoms with Crippen molar-refractivity contribution in [1.82, 2.24) is 25.2 Å². The van der Waals surface area contributed by atoms with Gasteiger partial charge in [0.15, 0.2) is 25.0 Å². The number of rotatable bonds is 32. The number of unbranched alkanes of at least 4 members (excludes halogenated alkanes) is 4. The molecule has 0 unspecified atom stereocenters. The fourth-order valence-corrected chi connectivity index (χ4v) is 9.08. The van der Waals surface area contributed by atoms with E-state index in [1.165, 1.54) is 11.0 Å². The highest BCUT2D eigenvalue weighted by Gasteiger charge is 2.49. The minimum absolute atomic E-state index is 0. The quantitative estimate of drug-likeness (QED) is 0.0140. The number of carbonyl (C=O) groups is 6. The van der Waals surface area contributed by atoms with Gasteiger partial charge in [0.25, 0.3) is 11.8 Å². The van der Waals surface area contributed by atoms with Crippen LogP contribution in [0.2, 0.25) is 0 Å². The molecule has 0 saturated carbocycles. The Morgan fingerprint density at radius 3 is 2.11 bits per heavy atom. The lowest BCUT2D eigenvalue weighted by molar-refractivity contribution is -0.687. The molecule has 1 saturated heterocycles. The maximum atomic E-state index is 13.3. The van der Waals surface area contributed by atoms with Gasteiger partial charge in [-0.2, -0.15) is 0 Å². The summed E-state index contributed by atoms with van der Waals surface area (Å²) in [7, 11) is 0. The van der Waals surface area contributed by atoms with E-state index in [-0.39, 0.29) is 108 Å². The molecule has 2 aromatic heterocycles. The van der Waals surface area contributed by atoms with Gasteiger partial charge in [-0.3, -0.25) is 33.6 Å². The third-order valence-corrected chi connectivity index (χ3v) is 13.5. The van der Waals surface area contributed by atoms with E-state index in [2.05, 4.69) is 26.3 Å². The van der Waals surface area contributed by atoms with Gasteiger partial charge in [0, 0.05) is 72.8 Å². The van der Waals surface area contributed by atoms with Crippen molar-refractivity contribution in [1.29, 1.82) is 0 Å². The summed E-state index contributed by atoms with van der Waals surface area (Å²) in [5.74, 6) is -2.99. The van der Waals surface area contributed by atoms with Crippen LogP contribution >= 0.6 is 0 Å². The molecule has 8 rings (SSSR count). The van der Waals surface area contributed by atoms with Gasteiger partial charge in [-0.25, -0.2) is 9.36 Å². The van der Waals surface area contributed by atoms with E-state index in [0.29, 0.717) is 48.3 Å².